The third-order valence-corrected chi connectivity index (χ3v) is 3.71. The Hall–Kier alpha value is -3.09. The van der Waals surface area contributed by atoms with E-state index in [0.717, 1.165) is 22.5 Å². The van der Waals surface area contributed by atoms with Crippen LogP contribution in [0.4, 0.5) is 13.2 Å². The van der Waals surface area contributed by atoms with Gasteiger partial charge in [-0.3, -0.25) is 9.79 Å². The van der Waals surface area contributed by atoms with Gasteiger partial charge in [0.15, 0.2) is 5.78 Å². The second kappa shape index (κ2) is 7.43. The number of para-hydroxylation sites is 1. The molecule has 0 saturated heterocycles. The first-order valence-corrected chi connectivity index (χ1v) is 7.82. The lowest BCUT2D eigenvalue weighted by Gasteiger charge is -2.12. The molecule has 0 unspecified atom stereocenters. The zero-order chi connectivity index (χ0) is 18.6. The highest BCUT2D eigenvalue weighted by molar-refractivity contribution is 5.99. The van der Waals surface area contributed by atoms with Gasteiger partial charge < -0.3 is 9.72 Å². The lowest BCUT2D eigenvalue weighted by molar-refractivity contribution is -0.139. The number of benzene rings is 2. The molecule has 3 rings (SSSR count). The van der Waals surface area contributed by atoms with Crippen molar-refractivity contribution in [2.45, 2.75) is 6.18 Å². The second-order valence-electron chi connectivity index (χ2n) is 5.58. The first-order valence-electron chi connectivity index (χ1n) is 7.82. The Balaban J connectivity index is 1.60. The predicted octanol–water partition coefficient (Wildman–Crippen LogP) is 4.25. The number of alkyl halides is 3. The zero-order valence-electron chi connectivity index (χ0n) is 13.6. The summed E-state index contributed by atoms with van der Waals surface area (Å²) in [6.45, 7) is -0.645. The molecule has 0 radical (unpaired) electrons. The summed E-state index contributed by atoms with van der Waals surface area (Å²) in [5.41, 5.74) is 0.891. The van der Waals surface area contributed by atoms with Crippen molar-refractivity contribution in [2.75, 3.05) is 13.2 Å². The van der Waals surface area contributed by atoms with Gasteiger partial charge in [0.2, 0.25) is 0 Å². The summed E-state index contributed by atoms with van der Waals surface area (Å²) in [5, 5.41) is 0.971. The summed E-state index contributed by atoms with van der Waals surface area (Å²) in [4.78, 5) is 19.0. The average molecular weight is 360 g/mol. The molecule has 0 aliphatic rings. The standard InChI is InChI=1S/C19H15F3N2O2/c20-19(21,22)16-5-1-2-7-18(16)26-12-14(25)11-23-10-13-4-3-6-17-15(13)8-9-24-17/h1-10,24H,11-12H2. The smallest absolute Gasteiger partial charge is 0.419 e. The van der Waals surface area contributed by atoms with E-state index in [9.17, 15) is 18.0 Å². The molecule has 0 fully saturated rings. The number of carbonyl (C=O) groups excluding carboxylic acids is 1. The molecule has 0 saturated carbocycles. The molecule has 0 aliphatic heterocycles. The van der Waals surface area contributed by atoms with Gasteiger partial charge in [0, 0.05) is 28.9 Å². The number of aromatic nitrogens is 1. The fourth-order valence-electron chi connectivity index (χ4n) is 2.50. The number of fused-ring (bicyclic) bond motifs is 1. The fourth-order valence-corrected chi connectivity index (χ4v) is 2.50. The van der Waals surface area contributed by atoms with Gasteiger partial charge in [0.05, 0.1) is 5.56 Å². The van der Waals surface area contributed by atoms with Crippen molar-refractivity contribution in [1.82, 2.24) is 4.98 Å². The van der Waals surface area contributed by atoms with Crippen LogP contribution in [0.15, 0.2) is 59.7 Å². The zero-order valence-corrected chi connectivity index (χ0v) is 13.6. The number of Topliss-reactive ketones (excluding diaryl/α,β-unsaturated/α-hetero) is 1. The summed E-state index contributed by atoms with van der Waals surface area (Å²) in [6, 6.07) is 12.3. The van der Waals surface area contributed by atoms with E-state index < -0.39 is 24.1 Å². The lowest BCUT2D eigenvalue weighted by atomic mass is 10.1. The van der Waals surface area contributed by atoms with Crippen LogP contribution in [0.3, 0.4) is 0 Å². The van der Waals surface area contributed by atoms with Gasteiger partial charge in [-0.15, -0.1) is 0 Å². The van der Waals surface area contributed by atoms with E-state index in [0.29, 0.717) is 0 Å². The van der Waals surface area contributed by atoms with Crippen LogP contribution in [0, 0.1) is 0 Å². The first-order chi connectivity index (χ1) is 12.4. The van der Waals surface area contributed by atoms with E-state index in [1.165, 1.54) is 18.2 Å². The minimum Gasteiger partial charge on any atom is -0.485 e. The molecule has 1 heterocycles. The van der Waals surface area contributed by atoms with Crippen molar-refractivity contribution in [2.24, 2.45) is 4.99 Å². The Morgan fingerprint density at radius 3 is 2.73 bits per heavy atom. The SMILES string of the molecule is O=C(CN=Cc1cccc2[nH]ccc12)COc1ccccc1C(F)(F)F. The van der Waals surface area contributed by atoms with E-state index >= 15 is 0 Å². The molecular weight excluding hydrogens is 345 g/mol. The van der Waals surface area contributed by atoms with Crippen LogP contribution in [0.1, 0.15) is 11.1 Å². The van der Waals surface area contributed by atoms with Gasteiger partial charge in [-0.25, -0.2) is 0 Å². The van der Waals surface area contributed by atoms with Crippen molar-refractivity contribution in [1.29, 1.82) is 0 Å². The molecule has 7 heteroatoms. The van der Waals surface area contributed by atoms with Crippen LogP contribution >= 0.6 is 0 Å². The summed E-state index contributed by atoms with van der Waals surface area (Å²) >= 11 is 0. The van der Waals surface area contributed by atoms with Crippen molar-refractivity contribution >= 4 is 22.9 Å². The number of carbonyl (C=O) groups is 1. The molecule has 134 valence electrons. The van der Waals surface area contributed by atoms with E-state index in [4.69, 9.17) is 4.74 Å². The van der Waals surface area contributed by atoms with Crippen molar-refractivity contribution in [3.63, 3.8) is 0 Å². The second-order valence-corrected chi connectivity index (χ2v) is 5.58. The average Bonchev–Trinajstić information content (AvgIpc) is 3.09. The monoisotopic (exact) mass is 360 g/mol. The molecule has 3 aromatic rings. The molecule has 4 nitrogen and oxygen atoms in total. The number of rotatable bonds is 6. The summed E-state index contributed by atoms with van der Waals surface area (Å²) in [6.07, 6.45) is -1.16. The van der Waals surface area contributed by atoms with E-state index in [2.05, 4.69) is 9.98 Å². The number of hydrogen-bond donors (Lipinski definition) is 1. The number of halogens is 3. The Labute approximate surface area is 147 Å². The largest absolute Gasteiger partial charge is 0.485 e. The molecule has 1 N–H and O–H groups in total. The maximum Gasteiger partial charge on any atom is 0.419 e. The number of ketones is 1. The van der Waals surface area contributed by atoms with Crippen LogP contribution in [0.2, 0.25) is 0 Å². The Morgan fingerprint density at radius 1 is 1.12 bits per heavy atom. The Kier molecular flexibility index (Phi) is 5.06. The number of aliphatic imine (C=N–C) groups is 1. The van der Waals surface area contributed by atoms with Crippen LogP contribution in [0.5, 0.6) is 5.75 Å². The quantitative estimate of drug-likeness (QED) is 0.668. The predicted molar refractivity (Wildman–Crippen MR) is 92.7 cm³/mol. The maximum absolute atomic E-state index is 12.9. The molecular formula is C19H15F3N2O2. The molecule has 0 aliphatic carbocycles. The van der Waals surface area contributed by atoms with Crippen molar-refractivity contribution in [3.8, 4) is 5.75 Å². The van der Waals surface area contributed by atoms with Gasteiger partial charge in [-0.1, -0.05) is 24.3 Å². The van der Waals surface area contributed by atoms with Gasteiger partial charge in [-0.2, -0.15) is 13.2 Å². The van der Waals surface area contributed by atoms with Gasteiger partial charge >= 0.3 is 6.18 Å². The highest BCUT2D eigenvalue weighted by Crippen LogP contribution is 2.35. The summed E-state index contributed by atoms with van der Waals surface area (Å²) in [5.74, 6) is -0.783. The van der Waals surface area contributed by atoms with Crippen LogP contribution < -0.4 is 4.74 Å². The van der Waals surface area contributed by atoms with Crippen molar-refractivity contribution < 1.29 is 22.7 Å². The fraction of sp³-hybridized carbons (Fsp3) is 0.158. The van der Waals surface area contributed by atoms with E-state index in [1.807, 2.05) is 24.3 Å². The molecule has 26 heavy (non-hydrogen) atoms. The van der Waals surface area contributed by atoms with Gasteiger partial charge in [0.1, 0.15) is 18.9 Å². The van der Waals surface area contributed by atoms with Crippen molar-refractivity contribution in [3.05, 3.63) is 65.9 Å². The normalized spacial score (nSPS) is 12.0. The molecule has 0 bridgehead atoms. The van der Waals surface area contributed by atoms with E-state index in [-0.39, 0.29) is 12.3 Å². The highest BCUT2D eigenvalue weighted by atomic mass is 19.4. The molecule has 2 aromatic carbocycles. The Bertz CT molecular complexity index is 945. The third-order valence-electron chi connectivity index (χ3n) is 3.71. The molecule has 0 atom stereocenters. The number of nitrogens with zero attached hydrogens (tertiary/aromatic N) is 1. The number of hydrogen-bond acceptors (Lipinski definition) is 3. The van der Waals surface area contributed by atoms with Crippen LogP contribution in [-0.4, -0.2) is 30.1 Å². The first kappa shape index (κ1) is 17.7. The minimum absolute atomic E-state index is 0.172. The maximum atomic E-state index is 12.9. The lowest BCUT2D eigenvalue weighted by Crippen LogP contribution is -2.16. The number of H-pyrrole nitrogens is 1. The molecule has 1 aromatic heterocycles. The minimum atomic E-state index is -4.53. The van der Waals surface area contributed by atoms with Crippen LogP contribution in [0.25, 0.3) is 10.9 Å². The number of nitrogens with one attached hydrogen (secondary N) is 1. The number of aromatic amines is 1. The Morgan fingerprint density at radius 2 is 1.92 bits per heavy atom. The number of ether oxygens (including phenoxy) is 1. The molecule has 0 spiro atoms. The highest BCUT2D eigenvalue weighted by Gasteiger charge is 2.34. The van der Waals surface area contributed by atoms with Gasteiger partial charge in [0.25, 0.3) is 0 Å². The third kappa shape index (κ3) is 4.11. The van der Waals surface area contributed by atoms with Crippen LogP contribution in [-0.2, 0) is 11.0 Å². The van der Waals surface area contributed by atoms with Gasteiger partial charge in [-0.05, 0) is 24.3 Å². The summed E-state index contributed by atoms with van der Waals surface area (Å²) < 4.78 is 43.7. The topological polar surface area (TPSA) is 54.5 Å². The van der Waals surface area contributed by atoms with E-state index in [1.54, 1.807) is 12.4 Å². The molecule has 0 amide bonds. The summed E-state index contributed by atoms with van der Waals surface area (Å²) in [7, 11) is 0.